The Labute approximate surface area is 194 Å². The number of hydrogen-bond acceptors (Lipinski definition) is 5. The van der Waals surface area contributed by atoms with Crippen LogP contribution in [0.4, 0.5) is 0 Å². The van der Waals surface area contributed by atoms with Gasteiger partial charge in [0.25, 0.3) is 5.56 Å². The van der Waals surface area contributed by atoms with E-state index in [4.69, 9.17) is 16.3 Å². The third kappa shape index (κ3) is 4.52. The van der Waals surface area contributed by atoms with Gasteiger partial charge >= 0.3 is 5.97 Å². The molecule has 1 aromatic heterocycles. The molecule has 0 radical (unpaired) electrons. The first-order valence-corrected chi connectivity index (χ1v) is 11.4. The summed E-state index contributed by atoms with van der Waals surface area (Å²) in [6, 6.07) is 16.4. The second-order valence-electron chi connectivity index (χ2n) is 7.17. The summed E-state index contributed by atoms with van der Waals surface area (Å²) in [5.74, 6) is -0.472. The van der Waals surface area contributed by atoms with E-state index < -0.39 is 12.0 Å². The maximum absolute atomic E-state index is 13.4. The van der Waals surface area contributed by atoms with Gasteiger partial charge in [-0.1, -0.05) is 77.6 Å². The van der Waals surface area contributed by atoms with E-state index >= 15 is 0 Å². The molecule has 1 aliphatic heterocycles. The maximum Gasteiger partial charge on any atom is 0.338 e. The standard InChI is InChI=1S/C25H21ClN2O3S/c1-3-31-24(30)22-16(2)27-25-28(20(22)13-12-17-8-5-4-6-9-17)23(29)21(32-25)15-18-10-7-11-19(26)14-18/h4-15,20H,3H2,1-2H3. The van der Waals surface area contributed by atoms with E-state index in [2.05, 4.69) is 4.99 Å². The first-order chi connectivity index (χ1) is 15.5. The molecule has 5 nitrogen and oxygen atoms in total. The van der Waals surface area contributed by atoms with Crippen LogP contribution in [0.1, 0.15) is 31.0 Å². The fourth-order valence-electron chi connectivity index (χ4n) is 3.53. The summed E-state index contributed by atoms with van der Waals surface area (Å²) >= 11 is 7.38. The van der Waals surface area contributed by atoms with Crippen LogP contribution in [0.25, 0.3) is 12.2 Å². The molecule has 0 N–H and O–H groups in total. The highest BCUT2D eigenvalue weighted by Gasteiger charge is 2.30. The van der Waals surface area contributed by atoms with Crippen LogP contribution in [0.15, 0.2) is 81.7 Å². The van der Waals surface area contributed by atoms with Gasteiger partial charge in [0, 0.05) is 5.02 Å². The van der Waals surface area contributed by atoms with Gasteiger partial charge in [0.05, 0.1) is 28.5 Å². The number of rotatable bonds is 5. The van der Waals surface area contributed by atoms with Gasteiger partial charge in [-0.3, -0.25) is 9.36 Å². The van der Waals surface area contributed by atoms with Crippen LogP contribution in [0.5, 0.6) is 0 Å². The number of carbonyl (C=O) groups excluding carboxylic acids is 1. The lowest BCUT2D eigenvalue weighted by Crippen LogP contribution is -2.38. The second-order valence-corrected chi connectivity index (χ2v) is 8.61. The maximum atomic E-state index is 13.4. The average molecular weight is 465 g/mol. The summed E-state index contributed by atoms with van der Waals surface area (Å²) < 4.78 is 7.35. The molecule has 0 aliphatic carbocycles. The Morgan fingerprint density at radius 1 is 1.19 bits per heavy atom. The van der Waals surface area contributed by atoms with E-state index in [0.29, 0.717) is 25.6 Å². The van der Waals surface area contributed by atoms with Crippen molar-refractivity contribution in [2.24, 2.45) is 4.99 Å². The van der Waals surface area contributed by atoms with Gasteiger partial charge in [-0.2, -0.15) is 0 Å². The topological polar surface area (TPSA) is 60.7 Å². The predicted molar refractivity (Wildman–Crippen MR) is 128 cm³/mol. The van der Waals surface area contributed by atoms with E-state index in [1.165, 1.54) is 11.3 Å². The number of halogens is 1. The number of nitrogens with zero attached hydrogens (tertiary/aromatic N) is 2. The molecular formula is C25H21ClN2O3S. The van der Waals surface area contributed by atoms with Crippen molar-refractivity contribution in [1.29, 1.82) is 0 Å². The molecular weight excluding hydrogens is 444 g/mol. The minimum atomic E-state index is -0.619. The molecule has 2 aromatic carbocycles. The Balaban J connectivity index is 1.88. The molecule has 0 amide bonds. The molecule has 1 unspecified atom stereocenters. The fraction of sp³-hybridized carbons (Fsp3) is 0.160. The summed E-state index contributed by atoms with van der Waals surface area (Å²) in [5.41, 5.74) is 2.47. The highest BCUT2D eigenvalue weighted by Crippen LogP contribution is 2.26. The van der Waals surface area contributed by atoms with Crippen molar-refractivity contribution in [2.45, 2.75) is 19.9 Å². The third-order valence-corrected chi connectivity index (χ3v) is 6.19. The van der Waals surface area contributed by atoms with Crippen LogP contribution in [-0.2, 0) is 9.53 Å². The van der Waals surface area contributed by atoms with Crippen LogP contribution < -0.4 is 14.9 Å². The quantitative estimate of drug-likeness (QED) is 0.534. The number of thiazole rings is 1. The van der Waals surface area contributed by atoms with E-state index in [9.17, 15) is 9.59 Å². The van der Waals surface area contributed by atoms with Gasteiger partial charge in [-0.15, -0.1) is 0 Å². The monoisotopic (exact) mass is 464 g/mol. The number of hydrogen-bond donors (Lipinski definition) is 0. The summed E-state index contributed by atoms with van der Waals surface area (Å²) in [4.78, 5) is 31.3. The molecule has 1 atom stereocenters. The van der Waals surface area contributed by atoms with Gasteiger partial charge in [0.2, 0.25) is 0 Å². The zero-order valence-electron chi connectivity index (χ0n) is 17.6. The number of ether oxygens (including phenoxy) is 1. The molecule has 0 spiro atoms. The highest BCUT2D eigenvalue weighted by atomic mass is 35.5. The van der Waals surface area contributed by atoms with Crippen molar-refractivity contribution in [3.8, 4) is 0 Å². The molecule has 0 saturated carbocycles. The molecule has 7 heteroatoms. The van der Waals surface area contributed by atoms with E-state index in [1.807, 2.05) is 54.6 Å². The van der Waals surface area contributed by atoms with Crippen molar-refractivity contribution in [1.82, 2.24) is 4.57 Å². The van der Waals surface area contributed by atoms with Crippen molar-refractivity contribution in [2.75, 3.05) is 6.61 Å². The zero-order chi connectivity index (χ0) is 22.7. The van der Waals surface area contributed by atoms with Gasteiger partial charge in [0.1, 0.15) is 0 Å². The molecule has 162 valence electrons. The Bertz CT molecular complexity index is 1400. The van der Waals surface area contributed by atoms with Crippen LogP contribution in [-0.4, -0.2) is 17.1 Å². The van der Waals surface area contributed by atoms with E-state index in [1.54, 1.807) is 36.6 Å². The van der Waals surface area contributed by atoms with E-state index in [0.717, 1.165) is 11.1 Å². The van der Waals surface area contributed by atoms with Crippen molar-refractivity contribution in [3.63, 3.8) is 0 Å². The molecule has 1 aliphatic rings. The summed E-state index contributed by atoms with van der Waals surface area (Å²) in [6.07, 6.45) is 5.54. The first-order valence-electron chi connectivity index (χ1n) is 10.2. The van der Waals surface area contributed by atoms with Gasteiger partial charge in [-0.05, 0) is 43.2 Å². The zero-order valence-corrected chi connectivity index (χ0v) is 19.2. The number of carbonyl (C=O) groups is 1. The van der Waals surface area contributed by atoms with Crippen LogP contribution in [0.2, 0.25) is 5.02 Å². The Kier molecular flexibility index (Phi) is 6.53. The van der Waals surface area contributed by atoms with Crippen molar-refractivity contribution in [3.05, 3.63) is 108 Å². The summed E-state index contributed by atoms with van der Waals surface area (Å²) in [5, 5.41) is 0.593. The van der Waals surface area contributed by atoms with Gasteiger partial charge < -0.3 is 4.74 Å². The molecule has 3 aromatic rings. The van der Waals surface area contributed by atoms with Gasteiger partial charge in [0.15, 0.2) is 4.80 Å². The van der Waals surface area contributed by atoms with Crippen LogP contribution >= 0.6 is 22.9 Å². The Hall–Kier alpha value is -3.22. The summed E-state index contributed by atoms with van der Waals surface area (Å²) in [7, 11) is 0. The Morgan fingerprint density at radius 2 is 1.94 bits per heavy atom. The average Bonchev–Trinajstić information content (AvgIpc) is 3.07. The van der Waals surface area contributed by atoms with Crippen LogP contribution in [0, 0.1) is 0 Å². The normalized spacial score (nSPS) is 16.2. The Morgan fingerprint density at radius 3 is 2.66 bits per heavy atom. The highest BCUT2D eigenvalue weighted by molar-refractivity contribution is 7.07. The number of aromatic nitrogens is 1. The number of fused-ring (bicyclic) bond motifs is 1. The van der Waals surface area contributed by atoms with Crippen molar-refractivity contribution >= 4 is 41.1 Å². The second kappa shape index (κ2) is 9.51. The largest absolute Gasteiger partial charge is 0.463 e. The molecule has 0 bridgehead atoms. The van der Waals surface area contributed by atoms with Gasteiger partial charge in [-0.25, -0.2) is 9.79 Å². The molecule has 2 heterocycles. The summed E-state index contributed by atoms with van der Waals surface area (Å²) in [6.45, 7) is 3.76. The molecule has 4 rings (SSSR count). The lowest BCUT2D eigenvalue weighted by molar-refractivity contribution is -0.139. The predicted octanol–water partition coefficient (Wildman–Crippen LogP) is 4.12. The lowest BCUT2D eigenvalue weighted by atomic mass is 10.0. The third-order valence-electron chi connectivity index (χ3n) is 4.98. The smallest absolute Gasteiger partial charge is 0.338 e. The molecule has 32 heavy (non-hydrogen) atoms. The minimum Gasteiger partial charge on any atom is -0.463 e. The lowest BCUT2D eigenvalue weighted by Gasteiger charge is -2.21. The number of benzene rings is 2. The number of allylic oxidation sites excluding steroid dienone is 2. The van der Waals surface area contributed by atoms with Crippen molar-refractivity contribution < 1.29 is 9.53 Å². The SMILES string of the molecule is CCOC(=O)C1=C(C)N=c2sc(=Cc3cccc(Cl)c3)c(=O)n2C1C=Cc1ccccc1. The first kappa shape index (κ1) is 22.0. The minimum absolute atomic E-state index is 0.217. The molecule has 0 fully saturated rings. The van der Waals surface area contributed by atoms with Crippen LogP contribution in [0.3, 0.4) is 0 Å². The number of esters is 1. The van der Waals surface area contributed by atoms with E-state index in [-0.39, 0.29) is 12.2 Å². The molecule has 0 saturated heterocycles. The fourth-order valence-corrected chi connectivity index (χ4v) is 4.78.